The van der Waals surface area contributed by atoms with Gasteiger partial charge < -0.3 is 34.0 Å². The minimum absolute atomic E-state index is 0. The van der Waals surface area contributed by atoms with Crippen LogP contribution in [0.5, 0.6) is 11.5 Å². The van der Waals surface area contributed by atoms with Crippen molar-refractivity contribution in [2.24, 2.45) is 0 Å². The average Bonchev–Trinajstić information content (AvgIpc) is 3.24. The van der Waals surface area contributed by atoms with E-state index in [4.69, 9.17) is 9.16 Å². The molecule has 4 aromatic carbocycles. The summed E-state index contributed by atoms with van der Waals surface area (Å²) >= 11 is 1.74. The van der Waals surface area contributed by atoms with Crippen molar-refractivity contribution >= 4 is 35.3 Å². The minimum Gasteiger partial charge on any atom is -1.00 e. The van der Waals surface area contributed by atoms with E-state index < -0.39 is 8.32 Å². The van der Waals surface area contributed by atoms with Crippen molar-refractivity contribution in [3.8, 4) is 11.5 Å². The molecule has 0 saturated heterocycles. The third-order valence-electron chi connectivity index (χ3n) is 3.88. The Balaban J connectivity index is 0.000000473. The molecule has 7 heteroatoms. The van der Waals surface area contributed by atoms with E-state index >= 15 is 0 Å². The molecule has 0 heterocycles. The van der Waals surface area contributed by atoms with Gasteiger partial charge in [-0.3, -0.25) is 0 Å². The van der Waals surface area contributed by atoms with Crippen molar-refractivity contribution < 1.29 is 57.3 Å². The summed E-state index contributed by atoms with van der Waals surface area (Å²) in [5.74, 6) is 1.79. The second-order valence-electron chi connectivity index (χ2n) is 8.02. The zero-order valence-corrected chi connectivity index (χ0v) is 25.0. The summed E-state index contributed by atoms with van der Waals surface area (Å²) in [4.78, 5) is 0. The maximum absolute atomic E-state index is 5.74. The number of fused-ring (bicyclic) bond motifs is 3. The van der Waals surface area contributed by atoms with Gasteiger partial charge in [-0.1, -0.05) is 42.1 Å². The molecule has 166 valence electrons. The van der Waals surface area contributed by atoms with Gasteiger partial charge in [0, 0.05) is 5.75 Å². The largest absolute Gasteiger partial charge is 1.00 e. The molecule has 31 heavy (non-hydrogen) atoms. The van der Waals surface area contributed by atoms with Crippen molar-refractivity contribution in [3.05, 3.63) is 72.8 Å². The van der Waals surface area contributed by atoms with Gasteiger partial charge in [0.05, 0.1) is 7.11 Å². The quantitative estimate of drug-likeness (QED) is 0.273. The summed E-state index contributed by atoms with van der Waals surface area (Å²) in [6.07, 6.45) is 0. The Morgan fingerprint density at radius 3 is 1.71 bits per heavy atom. The summed E-state index contributed by atoms with van der Waals surface area (Å²) in [5.41, 5.74) is 0.210. The Morgan fingerprint density at radius 2 is 1.32 bits per heavy atom. The summed E-state index contributed by atoms with van der Waals surface area (Å²) in [6.45, 7) is 11.1. The maximum Gasteiger partial charge on any atom is -0.0771 e. The predicted molar refractivity (Wildman–Crippen MR) is 127 cm³/mol. The van der Waals surface area contributed by atoms with E-state index in [1.54, 1.807) is 30.4 Å². The monoisotopic (exact) mass is 566 g/mol. The average molecular weight is 569 g/mol. The van der Waals surface area contributed by atoms with E-state index in [0.717, 1.165) is 11.5 Å². The van der Waals surface area contributed by atoms with Crippen LogP contribution in [0.1, 0.15) is 0 Å². The van der Waals surface area contributed by atoms with Crippen molar-refractivity contribution in [3.63, 3.8) is 0 Å². The number of halogens is 2. The zero-order valence-electron chi connectivity index (χ0n) is 19.0. The van der Waals surface area contributed by atoms with Gasteiger partial charge in [0.1, 0.15) is 0 Å². The number of ether oxygens (including phenoxy) is 1. The minimum atomic E-state index is -1.45. The molecular formula is C24H30Cl2O2Si2Zr-2. The van der Waals surface area contributed by atoms with E-state index in [9.17, 15) is 0 Å². The maximum atomic E-state index is 5.74. The summed E-state index contributed by atoms with van der Waals surface area (Å²) in [7, 11) is 0.207. The SMILES string of the molecule is CO[c-]1ccc(O[Si](C)(C)C)c1.C[Si](C)=[Zr+2].[Cl-].[Cl-].c1ccc2c(c1)[cH-]c1ccccc12. The standard InChI is InChI=1S/C13H9.C9H15O2Si.C2H6Si.2ClH.Zr/c1-3-7-12-10(5-1)9-11-6-2-4-8-13(11)12;1-10-8-5-6-9(7-8)11-12(2,3)4;1-3-2;;;/h1-9H;5-7H,1-4H3;1-2H3;2*1H;/q2*-1;;;;+2/p-2. The molecule has 0 fully saturated rings. The predicted octanol–water partition coefficient (Wildman–Crippen LogP) is 1.13. The van der Waals surface area contributed by atoms with E-state index in [2.05, 4.69) is 87.3 Å². The molecule has 0 aliphatic heterocycles. The van der Waals surface area contributed by atoms with Gasteiger partial charge in [-0.15, -0.1) is 51.9 Å². The van der Waals surface area contributed by atoms with Crippen LogP contribution in [0, 0.1) is 0 Å². The van der Waals surface area contributed by atoms with Crippen molar-refractivity contribution in [2.45, 2.75) is 32.7 Å². The number of hydrogen-bond acceptors (Lipinski definition) is 2. The van der Waals surface area contributed by atoms with Crippen LogP contribution in [0.25, 0.3) is 21.5 Å². The molecule has 0 spiro atoms. The van der Waals surface area contributed by atoms with Crippen LogP contribution in [0.15, 0.2) is 72.8 Å². The summed E-state index contributed by atoms with van der Waals surface area (Å²) in [5, 5.41) is 5.39. The van der Waals surface area contributed by atoms with Gasteiger partial charge in [0.25, 0.3) is 0 Å². The van der Waals surface area contributed by atoms with Crippen molar-refractivity contribution in [2.75, 3.05) is 7.11 Å². The fraction of sp³-hybridized carbons (Fsp3) is 0.250. The van der Waals surface area contributed by atoms with Crippen LogP contribution in [-0.4, -0.2) is 20.9 Å². The molecule has 0 N–H and O–H groups in total. The van der Waals surface area contributed by atoms with Crippen molar-refractivity contribution in [1.82, 2.24) is 0 Å². The fourth-order valence-electron chi connectivity index (χ4n) is 2.85. The molecule has 0 unspecified atom stereocenters. The van der Waals surface area contributed by atoms with Crippen LogP contribution >= 0.6 is 0 Å². The second-order valence-corrected chi connectivity index (χ2v) is 21.8. The number of benzene rings is 2. The Labute approximate surface area is 215 Å². The van der Waals surface area contributed by atoms with Crippen LogP contribution in [-0.2, 0) is 23.3 Å². The molecule has 0 saturated carbocycles. The third-order valence-corrected chi connectivity index (χ3v) is 4.73. The number of rotatable bonds is 3. The van der Waals surface area contributed by atoms with Gasteiger partial charge in [0.2, 0.25) is 8.32 Å². The Morgan fingerprint density at radius 1 is 0.871 bits per heavy atom. The second kappa shape index (κ2) is 14.3. The first-order valence-corrected chi connectivity index (χ1v) is 19.3. The van der Waals surface area contributed by atoms with Gasteiger partial charge >= 0.3 is 41.9 Å². The number of methoxy groups -OCH3 is 1. The van der Waals surface area contributed by atoms with Crippen LogP contribution < -0.4 is 34.0 Å². The van der Waals surface area contributed by atoms with E-state index in [0.29, 0.717) is 0 Å². The molecule has 4 rings (SSSR count). The first-order valence-electron chi connectivity index (χ1n) is 9.74. The molecular weight excluding hydrogens is 539 g/mol. The first-order chi connectivity index (χ1) is 13.7. The molecule has 0 aliphatic rings. The first kappa shape index (κ1) is 30.2. The van der Waals surface area contributed by atoms with E-state index in [1.165, 1.54) is 21.5 Å². The van der Waals surface area contributed by atoms with Crippen LogP contribution in [0.3, 0.4) is 0 Å². The molecule has 0 radical (unpaired) electrons. The van der Waals surface area contributed by atoms with E-state index in [-0.39, 0.29) is 30.2 Å². The molecule has 0 bridgehead atoms. The van der Waals surface area contributed by atoms with E-state index in [1.807, 2.05) is 18.2 Å². The summed E-state index contributed by atoms with van der Waals surface area (Å²) in [6, 6.07) is 25.0. The molecule has 0 amide bonds. The molecule has 2 nitrogen and oxygen atoms in total. The van der Waals surface area contributed by atoms with Gasteiger partial charge in [-0.25, -0.2) is 0 Å². The smallest absolute Gasteiger partial charge is 0.0771 e. The van der Waals surface area contributed by atoms with Gasteiger partial charge in [-0.2, -0.15) is 6.07 Å². The van der Waals surface area contributed by atoms with Crippen LogP contribution in [0.4, 0.5) is 0 Å². The summed E-state index contributed by atoms with van der Waals surface area (Å²) < 4.78 is 10.8. The normalized spacial score (nSPS) is 9.94. The molecule has 0 aliphatic carbocycles. The van der Waals surface area contributed by atoms with Crippen molar-refractivity contribution in [1.29, 1.82) is 0 Å². The molecule has 4 aromatic rings. The topological polar surface area (TPSA) is 18.5 Å². The Hall–Kier alpha value is -0.843. The molecule has 0 aromatic heterocycles. The van der Waals surface area contributed by atoms with Gasteiger partial charge in [0.15, 0.2) is 0 Å². The van der Waals surface area contributed by atoms with Gasteiger partial charge in [-0.05, 0) is 19.6 Å². The third kappa shape index (κ3) is 10.5. The fourth-order valence-corrected chi connectivity index (χ4v) is 3.68. The molecule has 0 atom stereocenters. The zero-order chi connectivity index (χ0) is 21.4. The number of hydrogen-bond donors (Lipinski definition) is 0. The van der Waals surface area contributed by atoms with Crippen LogP contribution in [0.2, 0.25) is 32.7 Å². The Bertz CT molecular complexity index is 1010. The Kier molecular flexibility index (Phi) is 13.9.